The Morgan fingerprint density at radius 3 is 3.08 bits per heavy atom. The lowest BCUT2D eigenvalue weighted by atomic mass is 9.73. The zero-order valence-electron chi connectivity index (χ0n) is 15.4. The van der Waals surface area contributed by atoms with Crippen molar-refractivity contribution < 1.29 is 14.3 Å². The third kappa shape index (κ3) is 2.74. The van der Waals surface area contributed by atoms with E-state index in [0.29, 0.717) is 30.0 Å². The van der Waals surface area contributed by atoms with Crippen LogP contribution in [-0.4, -0.2) is 55.8 Å². The fourth-order valence-corrected chi connectivity index (χ4v) is 5.07. The molecule has 3 saturated heterocycles. The number of hydrogen-bond donors (Lipinski definition) is 1. The maximum atomic E-state index is 12.6. The molecular weight excluding hydrogens is 316 g/mol. The van der Waals surface area contributed by atoms with Gasteiger partial charge in [0.05, 0.1) is 18.8 Å². The van der Waals surface area contributed by atoms with Gasteiger partial charge in [-0.15, -0.1) is 0 Å². The van der Waals surface area contributed by atoms with Gasteiger partial charge < -0.3 is 19.7 Å². The number of amides is 1. The van der Waals surface area contributed by atoms with Crippen LogP contribution in [0.1, 0.15) is 35.7 Å². The lowest BCUT2D eigenvalue weighted by Gasteiger charge is -2.29. The molecule has 3 aliphatic heterocycles. The molecule has 1 spiro atoms. The highest BCUT2D eigenvalue weighted by atomic mass is 16.5. The van der Waals surface area contributed by atoms with E-state index in [1.54, 1.807) is 7.11 Å². The maximum absolute atomic E-state index is 12.6. The molecule has 2 bridgehead atoms. The average Bonchev–Trinajstić information content (AvgIpc) is 3.28. The summed E-state index contributed by atoms with van der Waals surface area (Å²) in [4.78, 5) is 15.1. The van der Waals surface area contributed by atoms with E-state index >= 15 is 0 Å². The summed E-state index contributed by atoms with van der Waals surface area (Å²) in [5, 5.41) is 3.15. The number of aryl methyl sites for hydroxylation is 1. The number of carbonyl (C=O) groups excluding carboxylic acids is 1. The summed E-state index contributed by atoms with van der Waals surface area (Å²) in [6, 6.07) is 5.61. The molecule has 3 fully saturated rings. The number of benzene rings is 1. The first-order chi connectivity index (χ1) is 12.1. The topological polar surface area (TPSA) is 50.8 Å². The van der Waals surface area contributed by atoms with Crippen molar-refractivity contribution in [1.82, 2.24) is 10.2 Å². The Kier molecular flexibility index (Phi) is 4.24. The van der Waals surface area contributed by atoms with Gasteiger partial charge in [0.1, 0.15) is 5.75 Å². The molecule has 25 heavy (non-hydrogen) atoms. The number of likely N-dealkylation sites (tertiary alicyclic amines) is 1. The highest BCUT2D eigenvalue weighted by Gasteiger charge is 2.62. The largest absolute Gasteiger partial charge is 0.496 e. The Bertz CT molecular complexity index is 677. The van der Waals surface area contributed by atoms with Crippen molar-refractivity contribution >= 4 is 5.91 Å². The number of ether oxygens (including phenoxy) is 2. The third-order valence-corrected chi connectivity index (χ3v) is 6.47. The number of nitrogens with one attached hydrogen (secondary N) is 1. The Morgan fingerprint density at radius 1 is 1.48 bits per heavy atom. The van der Waals surface area contributed by atoms with Crippen molar-refractivity contribution in [1.29, 1.82) is 0 Å². The SMILES string of the molecule is CCN1C[C@@H]2[C@H](CNC(=O)c3ccc(C)c(OC)c3)[C@H]3CC[C@]2(C1)O3. The summed E-state index contributed by atoms with van der Waals surface area (Å²) in [6.07, 6.45) is 2.63. The van der Waals surface area contributed by atoms with Crippen LogP contribution in [0.3, 0.4) is 0 Å². The second-order valence-electron chi connectivity index (χ2n) is 7.75. The minimum absolute atomic E-state index is 0.0273. The van der Waals surface area contributed by atoms with Gasteiger partial charge in [-0.2, -0.15) is 0 Å². The summed E-state index contributed by atoms with van der Waals surface area (Å²) in [6.45, 7) is 8.13. The lowest BCUT2D eigenvalue weighted by molar-refractivity contribution is 0.00317. The molecule has 0 aromatic heterocycles. The molecule has 5 heteroatoms. The lowest BCUT2D eigenvalue weighted by Crippen LogP contribution is -2.41. The number of likely N-dealkylation sites (N-methyl/N-ethyl adjacent to an activating group) is 1. The molecule has 3 heterocycles. The zero-order valence-corrected chi connectivity index (χ0v) is 15.4. The van der Waals surface area contributed by atoms with Crippen LogP contribution in [0.2, 0.25) is 0 Å². The highest BCUT2D eigenvalue weighted by molar-refractivity contribution is 5.94. The Balaban J connectivity index is 1.42. The van der Waals surface area contributed by atoms with Crippen LogP contribution in [-0.2, 0) is 4.74 Å². The van der Waals surface area contributed by atoms with Crippen molar-refractivity contribution in [3.8, 4) is 5.75 Å². The van der Waals surface area contributed by atoms with Gasteiger partial charge in [0, 0.05) is 37.0 Å². The normalized spacial score (nSPS) is 33.5. The summed E-state index contributed by atoms with van der Waals surface area (Å²) < 4.78 is 11.7. The molecule has 1 N–H and O–H groups in total. The van der Waals surface area contributed by atoms with E-state index in [0.717, 1.165) is 37.4 Å². The molecule has 0 aliphatic carbocycles. The second-order valence-corrected chi connectivity index (χ2v) is 7.75. The first-order valence-electron chi connectivity index (χ1n) is 9.39. The van der Waals surface area contributed by atoms with Gasteiger partial charge in [-0.3, -0.25) is 4.79 Å². The standard InChI is InChI=1S/C20H28N2O3/c1-4-22-11-16-15(17-7-8-20(16,12-22)25-17)10-21-19(23)14-6-5-13(2)18(9-14)24-3/h5-6,9,15-17H,4,7-8,10-12H2,1-3H3,(H,21,23)/t15-,16+,17+,20+/m0/s1. The van der Waals surface area contributed by atoms with Crippen LogP contribution in [0.5, 0.6) is 5.75 Å². The molecule has 0 unspecified atom stereocenters. The smallest absolute Gasteiger partial charge is 0.251 e. The predicted octanol–water partition coefficient (Wildman–Crippen LogP) is 2.23. The molecule has 4 atom stereocenters. The van der Waals surface area contributed by atoms with Gasteiger partial charge in [0.15, 0.2) is 0 Å². The van der Waals surface area contributed by atoms with Gasteiger partial charge in [-0.1, -0.05) is 13.0 Å². The van der Waals surface area contributed by atoms with E-state index in [-0.39, 0.29) is 11.5 Å². The first kappa shape index (κ1) is 16.9. The number of fused-ring (bicyclic) bond motifs is 1. The summed E-state index contributed by atoms with van der Waals surface area (Å²) in [5.74, 6) is 1.71. The van der Waals surface area contributed by atoms with Crippen molar-refractivity contribution in [2.75, 3.05) is 33.3 Å². The predicted molar refractivity (Wildman–Crippen MR) is 96.0 cm³/mol. The zero-order chi connectivity index (χ0) is 17.6. The molecular formula is C20H28N2O3. The maximum Gasteiger partial charge on any atom is 0.251 e. The molecule has 1 amide bonds. The van der Waals surface area contributed by atoms with Crippen molar-refractivity contribution in [3.05, 3.63) is 29.3 Å². The van der Waals surface area contributed by atoms with Crippen LogP contribution in [0, 0.1) is 18.8 Å². The quantitative estimate of drug-likeness (QED) is 0.890. The van der Waals surface area contributed by atoms with Gasteiger partial charge in [0.2, 0.25) is 0 Å². The van der Waals surface area contributed by atoms with Crippen LogP contribution in [0.25, 0.3) is 0 Å². The molecule has 1 aromatic carbocycles. The van der Waals surface area contributed by atoms with E-state index in [2.05, 4.69) is 17.1 Å². The van der Waals surface area contributed by atoms with E-state index < -0.39 is 0 Å². The van der Waals surface area contributed by atoms with Crippen LogP contribution < -0.4 is 10.1 Å². The fraction of sp³-hybridized carbons (Fsp3) is 0.650. The van der Waals surface area contributed by atoms with Gasteiger partial charge >= 0.3 is 0 Å². The Labute approximate surface area is 149 Å². The minimum Gasteiger partial charge on any atom is -0.496 e. The van der Waals surface area contributed by atoms with Gasteiger partial charge in [-0.25, -0.2) is 0 Å². The molecule has 5 nitrogen and oxygen atoms in total. The monoisotopic (exact) mass is 344 g/mol. The molecule has 0 radical (unpaired) electrons. The Hall–Kier alpha value is -1.59. The van der Waals surface area contributed by atoms with Crippen molar-refractivity contribution in [2.24, 2.45) is 11.8 Å². The van der Waals surface area contributed by atoms with E-state index in [4.69, 9.17) is 9.47 Å². The molecule has 4 rings (SSSR count). The van der Waals surface area contributed by atoms with Crippen LogP contribution in [0.15, 0.2) is 18.2 Å². The molecule has 3 aliphatic rings. The van der Waals surface area contributed by atoms with Crippen molar-refractivity contribution in [3.63, 3.8) is 0 Å². The second kappa shape index (κ2) is 6.29. The molecule has 1 aromatic rings. The van der Waals surface area contributed by atoms with Crippen molar-refractivity contribution in [2.45, 2.75) is 38.4 Å². The Morgan fingerprint density at radius 2 is 2.32 bits per heavy atom. The number of nitrogens with zero attached hydrogens (tertiary/aromatic N) is 1. The molecule has 136 valence electrons. The van der Waals surface area contributed by atoms with E-state index in [1.165, 1.54) is 6.42 Å². The summed E-state index contributed by atoms with van der Waals surface area (Å²) >= 11 is 0. The third-order valence-electron chi connectivity index (χ3n) is 6.47. The van der Waals surface area contributed by atoms with E-state index in [9.17, 15) is 4.79 Å². The highest BCUT2D eigenvalue weighted by Crippen LogP contribution is 2.54. The van der Waals surface area contributed by atoms with Gasteiger partial charge in [0.25, 0.3) is 5.91 Å². The number of rotatable bonds is 5. The fourth-order valence-electron chi connectivity index (χ4n) is 5.07. The van der Waals surface area contributed by atoms with Crippen LogP contribution >= 0.6 is 0 Å². The summed E-state index contributed by atoms with van der Waals surface area (Å²) in [5.41, 5.74) is 1.75. The molecule has 0 saturated carbocycles. The number of methoxy groups -OCH3 is 1. The number of carbonyl (C=O) groups is 1. The van der Waals surface area contributed by atoms with Gasteiger partial charge in [-0.05, 0) is 44.0 Å². The van der Waals surface area contributed by atoms with Crippen LogP contribution in [0.4, 0.5) is 0 Å². The number of hydrogen-bond acceptors (Lipinski definition) is 4. The summed E-state index contributed by atoms with van der Waals surface area (Å²) in [7, 11) is 1.63. The van der Waals surface area contributed by atoms with E-state index in [1.807, 2.05) is 25.1 Å². The first-order valence-corrected chi connectivity index (χ1v) is 9.39. The minimum atomic E-state index is -0.0273. The average molecular weight is 344 g/mol.